The third-order valence-electron chi connectivity index (χ3n) is 2.25. The molecule has 0 saturated carbocycles. The van der Waals surface area contributed by atoms with E-state index in [-0.39, 0.29) is 6.07 Å². The van der Waals surface area contributed by atoms with E-state index in [0.29, 0.717) is 6.20 Å². The largest absolute Gasteiger partial charge is 0.460 e. The smallest absolute Gasteiger partial charge is 0.399 e. The summed E-state index contributed by atoms with van der Waals surface area (Å²) in [6.45, 7) is 0. The van der Waals surface area contributed by atoms with Crippen LogP contribution in [-0.4, -0.2) is 23.0 Å². The van der Waals surface area contributed by atoms with Crippen LogP contribution in [0.1, 0.15) is 5.69 Å². The van der Waals surface area contributed by atoms with Gasteiger partial charge in [0.05, 0.1) is 0 Å². The van der Waals surface area contributed by atoms with E-state index in [1.54, 1.807) is 0 Å². The summed E-state index contributed by atoms with van der Waals surface area (Å²) in [5, 5.41) is 0. The minimum Gasteiger partial charge on any atom is -0.399 e. The van der Waals surface area contributed by atoms with Crippen LogP contribution in [0.2, 0.25) is 0 Å². The highest BCUT2D eigenvalue weighted by atomic mass is 19.4. The molecule has 0 aromatic carbocycles. The lowest BCUT2D eigenvalue weighted by Crippen LogP contribution is -2.59. The van der Waals surface area contributed by atoms with Crippen molar-refractivity contribution in [2.24, 2.45) is 0 Å². The second kappa shape index (κ2) is 4.42. The maximum absolute atomic E-state index is 13.3. The summed E-state index contributed by atoms with van der Waals surface area (Å²) < 4.78 is 113. The molecule has 20 heavy (non-hydrogen) atoms. The van der Waals surface area contributed by atoms with Crippen LogP contribution in [0.15, 0.2) is 18.3 Å². The maximum Gasteiger partial charge on any atom is 0.460 e. The monoisotopic (exact) mass is 312 g/mol. The van der Waals surface area contributed by atoms with Crippen molar-refractivity contribution in [2.45, 2.75) is 23.9 Å². The van der Waals surface area contributed by atoms with Crippen LogP contribution in [0.25, 0.3) is 0 Å². The summed E-state index contributed by atoms with van der Waals surface area (Å²) in [7, 11) is 0. The number of hydrogen-bond acceptors (Lipinski definition) is 2. The summed E-state index contributed by atoms with van der Waals surface area (Å²) in [4.78, 5) is 2.66. The Bertz CT molecular complexity index is 494. The maximum atomic E-state index is 13.3. The first-order chi connectivity index (χ1) is 8.75. The van der Waals surface area contributed by atoms with Gasteiger partial charge in [-0.05, 0) is 12.1 Å². The molecular weight excluding hydrogens is 307 g/mol. The van der Waals surface area contributed by atoms with Crippen LogP contribution in [0.3, 0.4) is 0 Å². The molecule has 0 aliphatic rings. The van der Waals surface area contributed by atoms with Gasteiger partial charge >= 0.3 is 23.9 Å². The molecule has 0 amide bonds. The highest BCUT2D eigenvalue weighted by Gasteiger charge is 2.82. The van der Waals surface area contributed by atoms with Crippen molar-refractivity contribution >= 4 is 5.69 Å². The molecule has 0 atom stereocenters. The highest BCUT2D eigenvalue weighted by Crippen LogP contribution is 2.56. The summed E-state index contributed by atoms with van der Waals surface area (Å²) in [5.74, 6) is -19.6. The molecule has 1 rings (SSSR count). The van der Waals surface area contributed by atoms with Crippen LogP contribution in [-0.2, 0) is 5.92 Å². The first-order valence-corrected chi connectivity index (χ1v) is 4.67. The van der Waals surface area contributed by atoms with E-state index in [0.717, 1.165) is 6.07 Å². The molecule has 0 saturated heterocycles. The van der Waals surface area contributed by atoms with Gasteiger partial charge in [0.15, 0.2) is 0 Å². The molecule has 0 aliphatic carbocycles. The third kappa shape index (κ3) is 2.24. The van der Waals surface area contributed by atoms with E-state index in [4.69, 9.17) is 5.73 Å². The molecule has 0 fully saturated rings. The number of nitrogens with two attached hydrogens (primary N) is 1. The standard InChI is InChI=1S/C9H5F9N2/c10-6(11,5-3-4(19)1-2-20-5)7(12,13)8(14,15)9(16,17)18/h1-3H,(H2,19,20). The van der Waals surface area contributed by atoms with Crippen LogP contribution >= 0.6 is 0 Å². The van der Waals surface area contributed by atoms with Crippen molar-refractivity contribution in [1.29, 1.82) is 0 Å². The van der Waals surface area contributed by atoms with Gasteiger partial charge in [0, 0.05) is 11.9 Å². The van der Waals surface area contributed by atoms with Crippen LogP contribution in [0.4, 0.5) is 45.2 Å². The van der Waals surface area contributed by atoms with Crippen molar-refractivity contribution in [3.63, 3.8) is 0 Å². The van der Waals surface area contributed by atoms with Crippen molar-refractivity contribution in [3.05, 3.63) is 24.0 Å². The molecule has 2 N–H and O–H groups in total. The zero-order valence-corrected chi connectivity index (χ0v) is 9.16. The van der Waals surface area contributed by atoms with Crippen LogP contribution < -0.4 is 5.73 Å². The average Bonchev–Trinajstić information content (AvgIpc) is 2.26. The molecule has 0 spiro atoms. The molecule has 114 valence electrons. The number of pyridine rings is 1. The highest BCUT2D eigenvalue weighted by molar-refractivity contribution is 5.39. The van der Waals surface area contributed by atoms with Gasteiger partial charge < -0.3 is 5.73 Å². The summed E-state index contributed by atoms with van der Waals surface area (Å²) in [5.41, 5.74) is 2.42. The minimum atomic E-state index is -6.95. The molecule has 1 aromatic heterocycles. The molecule has 0 aliphatic heterocycles. The van der Waals surface area contributed by atoms with Gasteiger partial charge in [0.25, 0.3) is 0 Å². The summed E-state index contributed by atoms with van der Waals surface area (Å²) in [6, 6.07) is 0.944. The molecule has 0 unspecified atom stereocenters. The van der Waals surface area contributed by atoms with Gasteiger partial charge in [-0.3, -0.25) is 4.98 Å². The van der Waals surface area contributed by atoms with E-state index in [1.807, 2.05) is 0 Å². The number of anilines is 1. The molecule has 11 heteroatoms. The number of alkyl halides is 9. The first-order valence-electron chi connectivity index (χ1n) is 4.67. The number of halogens is 9. The minimum absolute atomic E-state index is 0.0837. The van der Waals surface area contributed by atoms with Crippen molar-refractivity contribution in [3.8, 4) is 0 Å². The fourth-order valence-electron chi connectivity index (χ4n) is 1.15. The Hall–Kier alpha value is -1.68. The normalized spacial score (nSPS) is 14.4. The number of nitrogens with zero attached hydrogens (tertiary/aromatic N) is 1. The third-order valence-corrected chi connectivity index (χ3v) is 2.25. The van der Waals surface area contributed by atoms with Gasteiger partial charge in [-0.1, -0.05) is 0 Å². The first kappa shape index (κ1) is 16.4. The fourth-order valence-corrected chi connectivity index (χ4v) is 1.15. The topological polar surface area (TPSA) is 38.9 Å². The van der Waals surface area contributed by atoms with Gasteiger partial charge in [-0.2, -0.15) is 39.5 Å². The molecule has 2 nitrogen and oxygen atoms in total. The summed E-state index contributed by atoms with van der Waals surface area (Å²) >= 11 is 0. The van der Waals surface area contributed by atoms with Crippen LogP contribution in [0.5, 0.6) is 0 Å². The van der Waals surface area contributed by atoms with E-state index in [2.05, 4.69) is 4.98 Å². The molecule has 0 bridgehead atoms. The number of nitrogen functional groups attached to an aromatic ring is 1. The Balaban J connectivity index is 3.39. The lowest BCUT2D eigenvalue weighted by Gasteiger charge is -2.33. The Morgan fingerprint density at radius 1 is 0.850 bits per heavy atom. The summed E-state index contributed by atoms with van der Waals surface area (Å²) in [6.07, 6.45) is -6.39. The van der Waals surface area contributed by atoms with Crippen molar-refractivity contribution < 1.29 is 39.5 Å². The van der Waals surface area contributed by atoms with E-state index in [1.165, 1.54) is 0 Å². The second-order valence-corrected chi connectivity index (χ2v) is 3.70. The van der Waals surface area contributed by atoms with Gasteiger partial charge in [0.1, 0.15) is 5.69 Å². The lowest BCUT2D eigenvalue weighted by atomic mass is 10.0. The second-order valence-electron chi connectivity index (χ2n) is 3.70. The Morgan fingerprint density at radius 3 is 1.75 bits per heavy atom. The molecule has 1 heterocycles. The van der Waals surface area contributed by atoms with Crippen LogP contribution in [0, 0.1) is 0 Å². The van der Waals surface area contributed by atoms with Crippen molar-refractivity contribution in [1.82, 2.24) is 4.98 Å². The van der Waals surface area contributed by atoms with Gasteiger partial charge in [-0.15, -0.1) is 0 Å². The molecule has 0 radical (unpaired) electrons. The average molecular weight is 312 g/mol. The Kier molecular flexibility index (Phi) is 3.62. The molecular formula is C9H5F9N2. The zero-order chi connectivity index (χ0) is 16.0. The van der Waals surface area contributed by atoms with Gasteiger partial charge in [0.2, 0.25) is 0 Å². The number of rotatable bonds is 3. The van der Waals surface area contributed by atoms with Gasteiger partial charge in [-0.25, -0.2) is 0 Å². The predicted molar refractivity (Wildman–Crippen MR) is 48.5 cm³/mol. The Morgan fingerprint density at radius 2 is 1.35 bits per heavy atom. The quantitative estimate of drug-likeness (QED) is 0.866. The predicted octanol–water partition coefficient (Wildman–Crippen LogP) is 3.59. The number of aromatic nitrogens is 1. The van der Waals surface area contributed by atoms with Crippen molar-refractivity contribution in [2.75, 3.05) is 5.73 Å². The SMILES string of the molecule is Nc1ccnc(C(F)(F)C(F)(F)C(F)(F)C(F)(F)F)c1. The Labute approximate surface area is 105 Å². The zero-order valence-electron chi connectivity index (χ0n) is 9.16. The lowest BCUT2D eigenvalue weighted by molar-refractivity contribution is -0.400. The fraction of sp³-hybridized carbons (Fsp3) is 0.444. The number of hydrogen-bond donors (Lipinski definition) is 1. The molecule has 1 aromatic rings. The van der Waals surface area contributed by atoms with E-state index < -0.39 is 35.3 Å². The van der Waals surface area contributed by atoms with E-state index in [9.17, 15) is 39.5 Å². The van der Waals surface area contributed by atoms with E-state index >= 15 is 0 Å².